The van der Waals surface area contributed by atoms with E-state index in [1.54, 1.807) is 6.92 Å². The summed E-state index contributed by atoms with van der Waals surface area (Å²) in [7, 11) is 0. The van der Waals surface area contributed by atoms with Crippen LogP contribution in [0.25, 0.3) is 0 Å². The zero-order valence-electron chi connectivity index (χ0n) is 22.9. The molecule has 0 spiro atoms. The van der Waals surface area contributed by atoms with Gasteiger partial charge in [-0.05, 0) is 31.7 Å². The van der Waals surface area contributed by atoms with Gasteiger partial charge in [0.15, 0.2) is 0 Å². The molecule has 0 bridgehead atoms. The number of nitrogens with one attached hydrogen (secondary N) is 2. The van der Waals surface area contributed by atoms with Crippen molar-refractivity contribution in [3.8, 4) is 0 Å². The average Bonchev–Trinajstić information content (AvgIpc) is 3.52. The van der Waals surface area contributed by atoms with E-state index >= 15 is 0 Å². The van der Waals surface area contributed by atoms with E-state index in [1.165, 1.54) is 4.90 Å². The standard InChI is InChI=1S/C28H41N3O7/c1-5-6-14-22(24(32)25(33)29-19(2)20-11-8-7-9-12-20)30-26(34)38-23-16-31(18-28(23,3)4)27(35)37-17-21-13-10-15-36-21/h7-9,11-12,19,21-23H,5-6,10,13-18H2,1-4H3,(H,29,33)(H,30,34)/t19-,21?,22+,23-/m1/s1. The highest BCUT2D eigenvalue weighted by Gasteiger charge is 2.45. The predicted octanol–water partition coefficient (Wildman–Crippen LogP) is 3.74. The number of ketones is 1. The van der Waals surface area contributed by atoms with Crippen molar-refractivity contribution < 1.29 is 33.4 Å². The van der Waals surface area contributed by atoms with Crippen LogP contribution in [0.15, 0.2) is 30.3 Å². The summed E-state index contributed by atoms with van der Waals surface area (Å²) in [5.74, 6) is -1.48. The number of alkyl carbamates (subject to hydrolysis) is 1. The minimum atomic E-state index is -1.01. The van der Waals surface area contributed by atoms with Gasteiger partial charge in [0.25, 0.3) is 5.91 Å². The van der Waals surface area contributed by atoms with E-state index in [-0.39, 0.29) is 25.3 Å². The van der Waals surface area contributed by atoms with Crippen LogP contribution in [0.5, 0.6) is 0 Å². The fraction of sp³-hybridized carbons (Fsp3) is 0.643. The second-order valence-electron chi connectivity index (χ2n) is 10.8. The number of ether oxygens (including phenoxy) is 3. The Morgan fingerprint density at radius 1 is 1.16 bits per heavy atom. The zero-order chi connectivity index (χ0) is 27.7. The Bertz CT molecular complexity index is 962. The molecule has 3 amide bonds. The van der Waals surface area contributed by atoms with Gasteiger partial charge in [-0.1, -0.05) is 63.9 Å². The minimum absolute atomic E-state index is 0.0714. The number of carbonyl (C=O) groups is 4. The van der Waals surface area contributed by atoms with Gasteiger partial charge in [-0.3, -0.25) is 9.59 Å². The van der Waals surface area contributed by atoms with Gasteiger partial charge in [-0.25, -0.2) is 9.59 Å². The van der Waals surface area contributed by atoms with E-state index < -0.39 is 41.4 Å². The summed E-state index contributed by atoms with van der Waals surface area (Å²) < 4.78 is 16.6. The maximum absolute atomic E-state index is 13.0. The first-order chi connectivity index (χ1) is 18.1. The van der Waals surface area contributed by atoms with Gasteiger partial charge in [0, 0.05) is 18.6 Å². The highest BCUT2D eigenvalue weighted by atomic mass is 16.6. The topological polar surface area (TPSA) is 123 Å². The predicted molar refractivity (Wildman–Crippen MR) is 140 cm³/mol. The Morgan fingerprint density at radius 3 is 2.55 bits per heavy atom. The first-order valence-corrected chi connectivity index (χ1v) is 13.5. The molecule has 2 heterocycles. The van der Waals surface area contributed by atoms with E-state index in [0.717, 1.165) is 24.8 Å². The first-order valence-electron chi connectivity index (χ1n) is 13.5. The summed E-state index contributed by atoms with van der Waals surface area (Å²) in [5.41, 5.74) is 0.347. The molecule has 1 aromatic rings. The highest BCUT2D eigenvalue weighted by molar-refractivity contribution is 6.38. The second kappa shape index (κ2) is 13.6. The molecule has 2 N–H and O–H groups in total. The number of hydrogen-bond donors (Lipinski definition) is 2. The lowest BCUT2D eigenvalue weighted by Crippen LogP contribution is -2.49. The Morgan fingerprint density at radius 2 is 1.89 bits per heavy atom. The summed E-state index contributed by atoms with van der Waals surface area (Å²) in [6.07, 6.45) is 1.64. The Kier molecular flexibility index (Phi) is 10.5. The molecule has 0 aromatic heterocycles. The van der Waals surface area contributed by atoms with Crippen molar-refractivity contribution in [1.82, 2.24) is 15.5 Å². The number of likely N-dealkylation sites (tertiary alicyclic amines) is 1. The number of benzene rings is 1. The Hall–Kier alpha value is -3.14. The molecular formula is C28H41N3O7. The number of nitrogens with zero attached hydrogens (tertiary/aromatic N) is 1. The van der Waals surface area contributed by atoms with Gasteiger partial charge < -0.3 is 29.7 Å². The average molecular weight is 532 g/mol. The molecule has 0 saturated carbocycles. The van der Waals surface area contributed by atoms with Crippen LogP contribution >= 0.6 is 0 Å². The number of hydrogen-bond acceptors (Lipinski definition) is 7. The molecule has 0 radical (unpaired) electrons. The third kappa shape index (κ3) is 8.18. The lowest BCUT2D eigenvalue weighted by molar-refractivity contribution is -0.139. The number of carbonyl (C=O) groups excluding carboxylic acids is 4. The van der Waals surface area contributed by atoms with E-state index in [9.17, 15) is 19.2 Å². The molecule has 0 aliphatic carbocycles. The first kappa shape index (κ1) is 29.4. The van der Waals surface area contributed by atoms with Gasteiger partial charge in [-0.2, -0.15) is 0 Å². The monoisotopic (exact) mass is 531 g/mol. The Labute approximate surface area is 224 Å². The van der Waals surface area contributed by atoms with Gasteiger partial charge in [-0.15, -0.1) is 0 Å². The number of Topliss-reactive ketones (excluding diaryl/α,β-unsaturated/α-hetero) is 1. The quantitative estimate of drug-likeness (QED) is 0.417. The third-order valence-corrected chi connectivity index (χ3v) is 7.11. The van der Waals surface area contributed by atoms with Gasteiger partial charge in [0.2, 0.25) is 5.78 Å². The minimum Gasteiger partial charge on any atom is -0.447 e. The van der Waals surface area contributed by atoms with Crippen molar-refractivity contribution >= 4 is 23.9 Å². The summed E-state index contributed by atoms with van der Waals surface area (Å²) in [5, 5.41) is 5.31. The zero-order valence-corrected chi connectivity index (χ0v) is 22.9. The fourth-order valence-electron chi connectivity index (χ4n) is 4.71. The molecule has 38 heavy (non-hydrogen) atoms. The van der Waals surface area contributed by atoms with Crippen LogP contribution in [0.4, 0.5) is 9.59 Å². The second-order valence-corrected chi connectivity index (χ2v) is 10.8. The Balaban J connectivity index is 1.54. The van der Waals surface area contributed by atoms with Gasteiger partial charge >= 0.3 is 12.2 Å². The van der Waals surface area contributed by atoms with Crippen molar-refractivity contribution in [2.75, 3.05) is 26.3 Å². The molecule has 1 aromatic carbocycles. The van der Waals surface area contributed by atoms with Crippen molar-refractivity contribution in [2.45, 2.75) is 84.1 Å². The fourth-order valence-corrected chi connectivity index (χ4v) is 4.71. The van der Waals surface area contributed by atoms with Gasteiger partial charge in [0.05, 0.1) is 18.7 Å². The van der Waals surface area contributed by atoms with Crippen molar-refractivity contribution in [2.24, 2.45) is 5.41 Å². The normalized spacial score (nSPS) is 21.8. The number of rotatable bonds is 11. The van der Waals surface area contributed by atoms with E-state index in [4.69, 9.17) is 14.2 Å². The molecule has 2 aliphatic rings. The molecule has 1 unspecified atom stereocenters. The van der Waals surface area contributed by atoms with E-state index in [2.05, 4.69) is 10.6 Å². The lowest BCUT2D eigenvalue weighted by Gasteiger charge is -2.26. The summed E-state index contributed by atoms with van der Waals surface area (Å²) >= 11 is 0. The SMILES string of the molecule is CCCC[C@H](NC(=O)O[C@@H]1CN(C(=O)OCC2CCCO2)CC1(C)C)C(=O)C(=O)N[C@H](C)c1ccccc1. The van der Waals surface area contributed by atoms with Crippen LogP contribution in [0, 0.1) is 5.41 Å². The lowest BCUT2D eigenvalue weighted by atomic mass is 9.90. The molecule has 2 saturated heterocycles. The van der Waals surface area contributed by atoms with E-state index in [1.807, 2.05) is 51.1 Å². The maximum atomic E-state index is 13.0. The summed E-state index contributed by atoms with van der Waals surface area (Å²) in [6, 6.07) is 7.95. The number of unbranched alkanes of at least 4 members (excludes halogenated alkanes) is 1. The number of amides is 3. The van der Waals surface area contributed by atoms with Crippen LogP contribution in [-0.4, -0.2) is 73.3 Å². The maximum Gasteiger partial charge on any atom is 0.409 e. The highest BCUT2D eigenvalue weighted by Crippen LogP contribution is 2.32. The largest absolute Gasteiger partial charge is 0.447 e. The molecule has 210 valence electrons. The van der Waals surface area contributed by atoms with Crippen molar-refractivity contribution in [1.29, 1.82) is 0 Å². The summed E-state index contributed by atoms with van der Waals surface area (Å²) in [6.45, 7) is 8.97. The molecule has 2 fully saturated rings. The molecule has 2 aliphatic heterocycles. The molecule has 4 atom stereocenters. The van der Waals surface area contributed by atoms with Crippen molar-refractivity contribution in [3.05, 3.63) is 35.9 Å². The molecule has 10 heteroatoms. The van der Waals surface area contributed by atoms with Crippen LogP contribution < -0.4 is 10.6 Å². The van der Waals surface area contributed by atoms with Crippen molar-refractivity contribution in [3.63, 3.8) is 0 Å². The van der Waals surface area contributed by atoms with E-state index in [0.29, 0.717) is 26.0 Å². The van der Waals surface area contributed by atoms with Crippen LogP contribution in [0.3, 0.4) is 0 Å². The van der Waals surface area contributed by atoms with Gasteiger partial charge in [0.1, 0.15) is 18.8 Å². The molecule has 10 nitrogen and oxygen atoms in total. The van der Waals surface area contributed by atoms with Crippen LogP contribution in [0.2, 0.25) is 0 Å². The smallest absolute Gasteiger partial charge is 0.409 e. The summed E-state index contributed by atoms with van der Waals surface area (Å²) in [4.78, 5) is 52.6. The van der Waals surface area contributed by atoms with Crippen LogP contribution in [-0.2, 0) is 23.8 Å². The molecule has 3 rings (SSSR count). The molecular weight excluding hydrogens is 490 g/mol. The third-order valence-electron chi connectivity index (χ3n) is 7.11. The van der Waals surface area contributed by atoms with Crippen LogP contribution in [0.1, 0.15) is 71.4 Å².